The van der Waals surface area contributed by atoms with Gasteiger partial charge in [-0.05, 0) is 20.8 Å². The predicted octanol–water partition coefficient (Wildman–Crippen LogP) is 1.43. The van der Waals surface area contributed by atoms with E-state index in [1.165, 1.54) is 0 Å². The highest BCUT2D eigenvalue weighted by atomic mass is 16.5. The lowest BCUT2D eigenvalue weighted by atomic mass is 10.2. The molecule has 2 aromatic heterocycles. The maximum atomic E-state index is 12.3. The summed E-state index contributed by atoms with van der Waals surface area (Å²) in [5.41, 5.74) is 3.50. The second-order valence-electron chi connectivity index (χ2n) is 5.44. The average Bonchev–Trinajstić information content (AvgIpc) is 3.06. The highest BCUT2D eigenvalue weighted by Crippen LogP contribution is 2.18. The van der Waals surface area contributed by atoms with Crippen LogP contribution in [0, 0.1) is 13.8 Å². The van der Waals surface area contributed by atoms with Crippen LogP contribution in [0.15, 0.2) is 6.07 Å². The minimum atomic E-state index is -0.187. The fraction of sp³-hybridized carbons (Fsp3) is 0.533. The summed E-state index contributed by atoms with van der Waals surface area (Å²) in [5.74, 6) is 0.483. The molecule has 1 N–H and O–H groups in total. The summed E-state index contributed by atoms with van der Waals surface area (Å²) < 4.78 is 9.16. The highest BCUT2D eigenvalue weighted by Gasteiger charge is 2.18. The van der Waals surface area contributed by atoms with E-state index in [9.17, 15) is 4.79 Å². The Morgan fingerprint density at radius 1 is 1.41 bits per heavy atom. The van der Waals surface area contributed by atoms with E-state index in [1.54, 1.807) is 10.7 Å². The number of ether oxygens (including phenoxy) is 1. The molecule has 3 heterocycles. The van der Waals surface area contributed by atoms with E-state index in [1.807, 2.05) is 18.5 Å². The summed E-state index contributed by atoms with van der Waals surface area (Å²) in [4.78, 5) is 12.3. The molecule has 7 nitrogen and oxygen atoms in total. The number of hydrogen-bond donors (Lipinski definition) is 1. The van der Waals surface area contributed by atoms with E-state index >= 15 is 0 Å². The van der Waals surface area contributed by atoms with Gasteiger partial charge in [0.2, 0.25) is 5.88 Å². The molecular formula is C15H21N5O2. The van der Waals surface area contributed by atoms with Crippen LogP contribution in [0.25, 0.3) is 0 Å². The van der Waals surface area contributed by atoms with Gasteiger partial charge in [0.15, 0.2) is 5.69 Å². The predicted molar refractivity (Wildman–Crippen MR) is 80.9 cm³/mol. The van der Waals surface area contributed by atoms with Gasteiger partial charge in [0.05, 0.1) is 12.3 Å². The zero-order valence-electron chi connectivity index (χ0n) is 13.2. The molecule has 1 aliphatic rings. The normalized spacial score (nSPS) is 13.6. The Hall–Kier alpha value is -2.31. The molecule has 0 fully saturated rings. The van der Waals surface area contributed by atoms with Crippen molar-refractivity contribution in [3.63, 3.8) is 0 Å². The summed E-state index contributed by atoms with van der Waals surface area (Å²) in [5, 5.41) is 11.7. The molecule has 0 bridgehead atoms. The van der Waals surface area contributed by atoms with E-state index in [4.69, 9.17) is 4.74 Å². The SMILES string of the molecule is CCn1nc(C)c(CNC(=O)c2cc3n(n2)CCCO3)c1C. The van der Waals surface area contributed by atoms with Crippen LogP contribution in [-0.4, -0.2) is 32.1 Å². The second kappa shape index (κ2) is 5.82. The van der Waals surface area contributed by atoms with Crippen LogP contribution in [0.4, 0.5) is 0 Å². The van der Waals surface area contributed by atoms with E-state index in [0.717, 1.165) is 36.5 Å². The monoisotopic (exact) mass is 303 g/mol. The van der Waals surface area contributed by atoms with Gasteiger partial charge in [-0.3, -0.25) is 9.48 Å². The van der Waals surface area contributed by atoms with Gasteiger partial charge < -0.3 is 10.1 Å². The molecule has 22 heavy (non-hydrogen) atoms. The number of fused-ring (bicyclic) bond motifs is 1. The van der Waals surface area contributed by atoms with Crippen molar-refractivity contribution in [3.8, 4) is 5.88 Å². The lowest BCUT2D eigenvalue weighted by Gasteiger charge is -2.13. The van der Waals surface area contributed by atoms with Gasteiger partial charge in [-0.2, -0.15) is 10.2 Å². The Morgan fingerprint density at radius 2 is 2.23 bits per heavy atom. The van der Waals surface area contributed by atoms with Crippen molar-refractivity contribution in [2.45, 2.75) is 46.8 Å². The lowest BCUT2D eigenvalue weighted by Crippen LogP contribution is -2.24. The number of rotatable bonds is 4. The number of nitrogens with zero attached hydrogens (tertiary/aromatic N) is 4. The highest BCUT2D eigenvalue weighted by molar-refractivity contribution is 5.92. The zero-order chi connectivity index (χ0) is 15.7. The standard InChI is InChI=1S/C15H21N5O2/c1-4-19-11(3)12(10(2)17-19)9-16-15(21)13-8-14-20(18-13)6-5-7-22-14/h8H,4-7,9H2,1-3H3,(H,16,21). The number of hydrogen-bond acceptors (Lipinski definition) is 4. The molecule has 2 aromatic rings. The van der Waals surface area contributed by atoms with Gasteiger partial charge in [-0.25, -0.2) is 4.68 Å². The fourth-order valence-electron chi connectivity index (χ4n) is 2.74. The molecule has 1 aliphatic heterocycles. The first-order valence-corrected chi connectivity index (χ1v) is 7.62. The maximum Gasteiger partial charge on any atom is 0.272 e. The van der Waals surface area contributed by atoms with Crippen molar-refractivity contribution in [3.05, 3.63) is 28.7 Å². The summed E-state index contributed by atoms with van der Waals surface area (Å²) in [6.45, 7) is 8.80. The quantitative estimate of drug-likeness (QED) is 0.927. The molecule has 0 radical (unpaired) electrons. The van der Waals surface area contributed by atoms with E-state index in [-0.39, 0.29) is 5.91 Å². The molecule has 0 aliphatic carbocycles. The Kier molecular flexibility index (Phi) is 3.87. The number of aryl methyl sites for hydroxylation is 3. The van der Waals surface area contributed by atoms with Crippen LogP contribution in [-0.2, 0) is 19.6 Å². The molecule has 3 rings (SSSR count). The van der Waals surface area contributed by atoms with Crippen LogP contribution < -0.4 is 10.1 Å². The summed E-state index contributed by atoms with van der Waals surface area (Å²) in [7, 11) is 0. The van der Waals surface area contributed by atoms with Crippen LogP contribution >= 0.6 is 0 Å². The zero-order valence-corrected chi connectivity index (χ0v) is 13.2. The topological polar surface area (TPSA) is 74.0 Å². The van der Waals surface area contributed by atoms with Crippen molar-refractivity contribution in [2.75, 3.05) is 6.61 Å². The molecule has 0 saturated heterocycles. The minimum Gasteiger partial charge on any atom is -0.478 e. The third-order valence-corrected chi connectivity index (χ3v) is 4.00. The number of carbonyl (C=O) groups is 1. The van der Waals surface area contributed by atoms with E-state index < -0.39 is 0 Å². The van der Waals surface area contributed by atoms with Gasteiger partial charge in [0, 0.05) is 43.4 Å². The number of nitrogens with one attached hydrogen (secondary N) is 1. The second-order valence-corrected chi connectivity index (χ2v) is 5.44. The largest absolute Gasteiger partial charge is 0.478 e. The van der Waals surface area contributed by atoms with Gasteiger partial charge in [-0.15, -0.1) is 0 Å². The Morgan fingerprint density at radius 3 is 2.91 bits per heavy atom. The average molecular weight is 303 g/mol. The van der Waals surface area contributed by atoms with Gasteiger partial charge >= 0.3 is 0 Å². The molecule has 7 heteroatoms. The number of amides is 1. The van der Waals surface area contributed by atoms with Gasteiger partial charge in [0.25, 0.3) is 5.91 Å². The van der Waals surface area contributed by atoms with E-state index in [0.29, 0.717) is 24.7 Å². The van der Waals surface area contributed by atoms with Crippen LogP contribution in [0.5, 0.6) is 5.88 Å². The smallest absolute Gasteiger partial charge is 0.272 e. The van der Waals surface area contributed by atoms with Gasteiger partial charge in [-0.1, -0.05) is 0 Å². The number of aromatic nitrogens is 4. The summed E-state index contributed by atoms with van der Waals surface area (Å²) in [6, 6.07) is 1.70. The fourth-order valence-corrected chi connectivity index (χ4v) is 2.74. The van der Waals surface area contributed by atoms with Gasteiger partial charge in [0.1, 0.15) is 0 Å². The molecule has 1 amide bonds. The molecular weight excluding hydrogens is 282 g/mol. The molecule has 0 unspecified atom stereocenters. The molecule has 0 saturated carbocycles. The van der Waals surface area contributed by atoms with Crippen molar-refractivity contribution >= 4 is 5.91 Å². The first kappa shape index (κ1) is 14.6. The molecule has 0 aromatic carbocycles. The van der Waals surface area contributed by atoms with Crippen molar-refractivity contribution in [1.82, 2.24) is 24.9 Å². The summed E-state index contributed by atoms with van der Waals surface area (Å²) >= 11 is 0. The summed E-state index contributed by atoms with van der Waals surface area (Å²) in [6.07, 6.45) is 0.921. The van der Waals surface area contributed by atoms with Crippen LogP contribution in [0.3, 0.4) is 0 Å². The maximum absolute atomic E-state index is 12.3. The van der Waals surface area contributed by atoms with Crippen LogP contribution in [0.1, 0.15) is 40.8 Å². The molecule has 0 spiro atoms. The van der Waals surface area contributed by atoms with E-state index in [2.05, 4.69) is 22.4 Å². The third kappa shape index (κ3) is 2.58. The lowest BCUT2D eigenvalue weighted by molar-refractivity contribution is 0.0945. The van der Waals surface area contributed by atoms with Crippen molar-refractivity contribution < 1.29 is 9.53 Å². The third-order valence-electron chi connectivity index (χ3n) is 4.00. The minimum absolute atomic E-state index is 0.187. The number of carbonyl (C=O) groups excluding carboxylic acids is 1. The van der Waals surface area contributed by atoms with Crippen molar-refractivity contribution in [1.29, 1.82) is 0 Å². The Labute approximate surface area is 129 Å². The first-order chi connectivity index (χ1) is 10.6. The van der Waals surface area contributed by atoms with Crippen molar-refractivity contribution in [2.24, 2.45) is 0 Å². The molecule has 118 valence electrons. The molecule has 0 atom stereocenters. The Balaban J connectivity index is 1.70. The van der Waals surface area contributed by atoms with Crippen LogP contribution in [0.2, 0.25) is 0 Å². The Bertz CT molecular complexity index is 678. The first-order valence-electron chi connectivity index (χ1n) is 7.62.